The number of aryl methyl sites for hydroxylation is 1. The number of hydrogen-bond donors (Lipinski definition) is 1. The Morgan fingerprint density at radius 1 is 1.38 bits per heavy atom. The summed E-state index contributed by atoms with van der Waals surface area (Å²) in [6.45, 7) is 6.47. The van der Waals surface area contributed by atoms with Gasteiger partial charge in [0.1, 0.15) is 0 Å². The van der Waals surface area contributed by atoms with E-state index in [9.17, 15) is 0 Å². The van der Waals surface area contributed by atoms with Crippen LogP contribution in [0.1, 0.15) is 32.6 Å². The zero-order valence-electron chi connectivity index (χ0n) is 8.87. The average Bonchev–Trinajstić information content (AvgIpc) is 2.35. The lowest BCUT2D eigenvalue weighted by Crippen LogP contribution is -2.32. The highest BCUT2D eigenvalue weighted by Gasteiger charge is 2.28. The van der Waals surface area contributed by atoms with Gasteiger partial charge in [0, 0.05) is 7.05 Å². The second-order valence-electron chi connectivity index (χ2n) is 4.25. The third-order valence-electron chi connectivity index (χ3n) is 2.07. The molecule has 0 fully saturated rings. The van der Waals surface area contributed by atoms with Gasteiger partial charge in [0.05, 0.1) is 6.04 Å². The molecule has 5 nitrogen and oxygen atoms in total. The Morgan fingerprint density at radius 3 is 2.31 bits per heavy atom. The van der Waals surface area contributed by atoms with Crippen LogP contribution in [0, 0.1) is 5.41 Å². The van der Waals surface area contributed by atoms with Crippen LogP contribution in [0.3, 0.4) is 0 Å². The fraction of sp³-hybridized carbons (Fsp3) is 0.875. The molecule has 1 unspecified atom stereocenters. The second-order valence-corrected chi connectivity index (χ2v) is 4.25. The molecule has 0 bridgehead atoms. The lowest BCUT2D eigenvalue weighted by molar-refractivity contribution is 0.269. The first-order valence-corrected chi connectivity index (χ1v) is 4.36. The maximum Gasteiger partial charge on any atom is 0.168 e. The van der Waals surface area contributed by atoms with Crippen molar-refractivity contribution in [2.75, 3.05) is 7.05 Å². The first-order chi connectivity index (χ1) is 5.96. The summed E-state index contributed by atoms with van der Waals surface area (Å²) < 4.78 is 1.70. The van der Waals surface area contributed by atoms with Gasteiger partial charge in [0.15, 0.2) is 5.82 Å². The van der Waals surface area contributed by atoms with E-state index in [1.165, 1.54) is 0 Å². The molecule has 1 aromatic rings. The Labute approximate surface area is 78.5 Å². The first-order valence-electron chi connectivity index (χ1n) is 4.36. The van der Waals surface area contributed by atoms with Crippen molar-refractivity contribution in [3.05, 3.63) is 5.82 Å². The zero-order valence-corrected chi connectivity index (χ0v) is 8.87. The predicted molar refractivity (Wildman–Crippen MR) is 50.1 cm³/mol. The molecule has 0 saturated heterocycles. The smallest absolute Gasteiger partial charge is 0.168 e. The predicted octanol–water partition coefficient (Wildman–Crippen LogP) is 0.517. The van der Waals surface area contributed by atoms with Crippen LogP contribution in [0.2, 0.25) is 0 Å². The van der Waals surface area contributed by atoms with Crippen LogP contribution < -0.4 is 5.32 Å². The van der Waals surface area contributed by atoms with E-state index in [-0.39, 0.29) is 11.5 Å². The highest BCUT2D eigenvalue weighted by Crippen LogP contribution is 2.30. The van der Waals surface area contributed by atoms with Gasteiger partial charge in [0.25, 0.3) is 0 Å². The lowest BCUT2D eigenvalue weighted by atomic mass is 9.86. The summed E-state index contributed by atoms with van der Waals surface area (Å²) in [4.78, 5) is 0. The summed E-state index contributed by atoms with van der Waals surface area (Å²) in [5.74, 6) is 0.870. The van der Waals surface area contributed by atoms with Crippen LogP contribution in [0.4, 0.5) is 0 Å². The molecule has 13 heavy (non-hydrogen) atoms. The molecule has 0 aliphatic rings. The Balaban J connectivity index is 2.98. The monoisotopic (exact) mass is 183 g/mol. The van der Waals surface area contributed by atoms with Gasteiger partial charge in [-0.25, -0.2) is 4.68 Å². The molecular weight excluding hydrogens is 166 g/mol. The number of aromatic nitrogens is 4. The Morgan fingerprint density at radius 2 is 2.00 bits per heavy atom. The first kappa shape index (κ1) is 10.1. The Hall–Kier alpha value is -0.970. The number of rotatable bonds is 2. The van der Waals surface area contributed by atoms with E-state index in [4.69, 9.17) is 0 Å². The van der Waals surface area contributed by atoms with E-state index >= 15 is 0 Å². The normalized spacial score (nSPS) is 14.5. The Bertz CT molecular complexity index is 272. The molecule has 0 aliphatic heterocycles. The van der Waals surface area contributed by atoms with Crippen molar-refractivity contribution in [3.63, 3.8) is 0 Å². The third-order valence-corrected chi connectivity index (χ3v) is 2.07. The minimum absolute atomic E-state index is 0.108. The van der Waals surface area contributed by atoms with Gasteiger partial charge in [-0.2, -0.15) is 0 Å². The van der Waals surface area contributed by atoms with Crippen LogP contribution in [-0.2, 0) is 7.05 Å². The van der Waals surface area contributed by atoms with E-state index in [0.29, 0.717) is 0 Å². The van der Waals surface area contributed by atoms with Crippen molar-refractivity contribution in [2.24, 2.45) is 12.5 Å². The molecule has 1 N–H and O–H groups in total. The summed E-state index contributed by atoms with van der Waals surface area (Å²) in [5, 5.41) is 14.7. The number of tetrazole rings is 1. The second kappa shape index (κ2) is 3.41. The molecule has 5 heteroatoms. The van der Waals surface area contributed by atoms with Gasteiger partial charge in [-0.3, -0.25) is 0 Å². The minimum Gasteiger partial charge on any atom is -0.310 e. The van der Waals surface area contributed by atoms with Crippen molar-refractivity contribution in [1.82, 2.24) is 25.5 Å². The fourth-order valence-electron chi connectivity index (χ4n) is 1.43. The quantitative estimate of drug-likeness (QED) is 0.726. The largest absolute Gasteiger partial charge is 0.310 e. The van der Waals surface area contributed by atoms with Crippen molar-refractivity contribution in [3.8, 4) is 0 Å². The van der Waals surface area contributed by atoms with Gasteiger partial charge >= 0.3 is 0 Å². The molecule has 0 spiro atoms. The van der Waals surface area contributed by atoms with Gasteiger partial charge in [0.2, 0.25) is 0 Å². The Kier molecular flexibility index (Phi) is 2.66. The van der Waals surface area contributed by atoms with E-state index in [1.807, 2.05) is 14.1 Å². The van der Waals surface area contributed by atoms with Gasteiger partial charge in [-0.05, 0) is 22.9 Å². The molecule has 1 heterocycles. The molecule has 1 aromatic heterocycles. The van der Waals surface area contributed by atoms with Crippen LogP contribution in [0.25, 0.3) is 0 Å². The van der Waals surface area contributed by atoms with Crippen LogP contribution >= 0.6 is 0 Å². The molecule has 0 aliphatic carbocycles. The van der Waals surface area contributed by atoms with E-state index in [1.54, 1.807) is 4.68 Å². The molecule has 1 rings (SSSR count). The van der Waals surface area contributed by atoms with Gasteiger partial charge in [-0.15, -0.1) is 5.10 Å². The van der Waals surface area contributed by atoms with Gasteiger partial charge < -0.3 is 5.32 Å². The van der Waals surface area contributed by atoms with Crippen molar-refractivity contribution < 1.29 is 0 Å². The van der Waals surface area contributed by atoms with Crippen molar-refractivity contribution >= 4 is 0 Å². The average molecular weight is 183 g/mol. The number of nitrogens with one attached hydrogen (secondary N) is 1. The van der Waals surface area contributed by atoms with E-state index < -0.39 is 0 Å². The summed E-state index contributed by atoms with van der Waals surface area (Å²) in [6.07, 6.45) is 0. The summed E-state index contributed by atoms with van der Waals surface area (Å²) in [7, 11) is 3.77. The highest BCUT2D eigenvalue weighted by atomic mass is 15.5. The molecule has 0 radical (unpaired) electrons. The van der Waals surface area contributed by atoms with Crippen LogP contribution in [-0.4, -0.2) is 27.3 Å². The third kappa shape index (κ3) is 2.03. The topological polar surface area (TPSA) is 55.6 Å². The molecule has 0 aromatic carbocycles. The van der Waals surface area contributed by atoms with Crippen LogP contribution in [0.15, 0.2) is 0 Å². The lowest BCUT2D eigenvalue weighted by Gasteiger charge is -2.28. The SMILES string of the molecule is CNC(c1nnnn1C)C(C)(C)C. The maximum absolute atomic E-state index is 3.99. The number of hydrogen-bond acceptors (Lipinski definition) is 4. The number of nitrogens with zero attached hydrogens (tertiary/aromatic N) is 4. The highest BCUT2D eigenvalue weighted by molar-refractivity contribution is 4.97. The summed E-state index contributed by atoms with van der Waals surface area (Å²) in [6, 6.07) is 0.174. The van der Waals surface area contributed by atoms with E-state index in [0.717, 1.165) is 5.82 Å². The van der Waals surface area contributed by atoms with Crippen molar-refractivity contribution in [2.45, 2.75) is 26.8 Å². The van der Waals surface area contributed by atoms with E-state index in [2.05, 4.69) is 41.6 Å². The standard InChI is InChI=1S/C8H17N5/c1-8(2,3)6(9-4)7-10-11-12-13(7)5/h6,9H,1-5H3. The summed E-state index contributed by atoms with van der Waals surface area (Å²) >= 11 is 0. The molecule has 0 saturated carbocycles. The van der Waals surface area contributed by atoms with Crippen molar-refractivity contribution in [1.29, 1.82) is 0 Å². The molecular formula is C8H17N5. The summed E-state index contributed by atoms with van der Waals surface area (Å²) in [5.41, 5.74) is 0.108. The van der Waals surface area contributed by atoms with Crippen LogP contribution in [0.5, 0.6) is 0 Å². The molecule has 0 amide bonds. The fourth-order valence-corrected chi connectivity index (χ4v) is 1.43. The minimum atomic E-state index is 0.108. The molecule has 74 valence electrons. The van der Waals surface area contributed by atoms with Gasteiger partial charge in [-0.1, -0.05) is 20.8 Å². The molecule has 1 atom stereocenters. The maximum atomic E-state index is 3.99. The zero-order chi connectivity index (χ0) is 10.1.